The van der Waals surface area contributed by atoms with Gasteiger partial charge < -0.3 is 21.3 Å². The summed E-state index contributed by atoms with van der Waals surface area (Å²) in [5.41, 5.74) is 6.06. The molecule has 5 heteroatoms. The van der Waals surface area contributed by atoms with E-state index in [0.29, 0.717) is 0 Å². The number of hydrogen-bond donors (Lipinski definition) is 4. The second-order valence-corrected chi connectivity index (χ2v) is 3.33. The van der Waals surface area contributed by atoms with Crippen LogP contribution >= 0.6 is 0 Å². The zero-order valence-electron chi connectivity index (χ0n) is 8.40. The smallest absolute Gasteiger partial charge is 0.253 e. The van der Waals surface area contributed by atoms with E-state index in [1.165, 1.54) is 18.2 Å². The van der Waals surface area contributed by atoms with E-state index in [0.717, 1.165) is 0 Å². The van der Waals surface area contributed by atoms with Gasteiger partial charge in [-0.05, 0) is 25.1 Å². The standard InChI is InChI=1S/C10H14N2O3/c1-6(5-13)12-10(15)8-4-7(14)2-3-9(8)11/h2-4,6,13-14H,5,11H2,1H3,(H,12,15)/t6-/m0/s1. The monoisotopic (exact) mass is 210 g/mol. The van der Waals surface area contributed by atoms with E-state index in [-0.39, 0.29) is 29.6 Å². The van der Waals surface area contributed by atoms with Gasteiger partial charge in [0.2, 0.25) is 0 Å². The molecule has 0 aliphatic carbocycles. The van der Waals surface area contributed by atoms with E-state index in [1.807, 2.05) is 0 Å². The number of phenolic OH excluding ortho intramolecular Hbond substituents is 1. The summed E-state index contributed by atoms with van der Waals surface area (Å²) in [4.78, 5) is 11.6. The highest BCUT2D eigenvalue weighted by molar-refractivity contribution is 5.99. The van der Waals surface area contributed by atoms with E-state index in [9.17, 15) is 9.90 Å². The minimum absolute atomic E-state index is 0.0222. The lowest BCUT2D eigenvalue weighted by molar-refractivity contribution is 0.0923. The van der Waals surface area contributed by atoms with E-state index < -0.39 is 5.91 Å². The van der Waals surface area contributed by atoms with Gasteiger partial charge in [0.15, 0.2) is 0 Å². The fourth-order valence-corrected chi connectivity index (χ4v) is 1.09. The van der Waals surface area contributed by atoms with Gasteiger partial charge in [-0.3, -0.25) is 4.79 Å². The quantitative estimate of drug-likeness (QED) is 0.420. The minimum atomic E-state index is -0.412. The Morgan fingerprint density at radius 1 is 1.60 bits per heavy atom. The van der Waals surface area contributed by atoms with E-state index >= 15 is 0 Å². The van der Waals surface area contributed by atoms with Gasteiger partial charge in [0.25, 0.3) is 5.91 Å². The van der Waals surface area contributed by atoms with Crippen molar-refractivity contribution < 1.29 is 15.0 Å². The summed E-state index contributed by atoms with van der Waals surface area (Å²) >= 11 is 0. The molecule has 0 spiro atoms. The van der Waals surface area contributed by atoms with Crippen LogP contribution in [0.25, 0.3) is 0 Å². The molecular formula is C10H14N2O3. The Hall–Kier alpha value is -1.75. The van der Waals surface area contributed by atoms with Gasteiger partial charge in [-0.1, -0.05) is 0 Å². The van der Waals surface area contributed by atoms with Crippen molar-refractivity contribution in [3.05, 3.63) is 23.8 Å². The van der Waals surface area contributed by atoms with Crippen molar-refractivity contribution in [2.24, 2.45) is 0 Å². The molecule has 0 fully saturated rings. The SMILES string of the molecule is C[C@@H](CO)NC(=O)c1cc(O)ccc1N. The molecule has 5 nitrogen and oxygen atoms in total. The number of rotatable bonds is 3. The summed E-state index contributed by atoms with van der Waals surface area (Å²) in [6.07, 6.45) is 0. The number of phenols is 1. The van der Waals surface area contributed by atoms with Gasteiger partial charge in [0.1, 0.15) is 5.75 Å². The largest absolute Gasteiger partial charge is 0.508 e. The second kappa shape index (κ2) is 4.65. The van der Waals surface area contributed by atoms with Gasteiger partial charge in [-0.25, -0.2) is 0 Å². The van der Waals surface area contributed by atoms with Gasteiger partial charge in [-0.2, -0.15) is 0 Å². The number of benzene rings is 1. The van der Waals surface area contributed by atoms with Gasteiger partial charge in [0, 0.05) is 11.7 Å². The van der Waals surface area contributed by atoms with Crippen molar-refractivity contribution >= 4 is 11.6 Å². The molecule has 15 heavy (non-hydrogen) atoms. The number of carbonyl (C=O) groups excluding carboxylic acids is 1. The molecule has 5 N–H and O–H groups in total. The number of nitrogens with one attached hydrogen (secondary N) is 1. The molecule has 1 amide bonds. The van der Waals surface area contributed by atoms with Crippen LogP contribution < -0.4 is 11.1 Å². The number of nitrogen functional groups attached to an aromatic ring is 1. The molecule has 1 atom stereocenters. The van der Waals surface area contributed by atoms with Gasteiger partial charge in [-0.15, -0.1) is 0 Å². The Bertz CT molecular complexity index is 366. The van der Waals surface area contributed by atoms with E-state index in [1.54, 1.807) is 6.92 Å². The van der Waals surface area contributed by atoms with Gasteiger partial charge in [0.05, 0.1) is 12.2 Å². The number of carbonyl (C=O) groups is 1. The summed E-state index contributed by atoms with van der Waals surface area (Å²) < 4.78 is 0. The first-order chi connectivity index (χ1) is 7.04. The molecule has 0 saturated carbocycles. The number of anilines is 1. The molecule has 0 radical (unpaired) electrons. The number of nitrogens with two attached hydrogens (primary N) is 1. The van der Waals surface area contributed by atoms with Crippen molar-refractivity contribution in [1.29, 1.82) is 0 Å². The molecule has 1 aromatic carbocycles. The minimum Gasteiger partial charge on any atom is -0.508 e. The Kier molecular flexibility index (Phi) is 3.51. The number of amides is 1. The topological polar surface area (TPSA) is 95.6 Å². The van der Waals surface area contributed by atoms with Crippen LogP contribution in [0.15, 0.2) is 18.2 Å². The van der Waals surface area contributed by atoms with Gasteiger partial charge >= 0.3 is 0 Å². The number of aliphatic hydroxyl groups is 1. The molecule has 0 unspecified atom stereocenters. The summed E-state index contributed by atoms with van der Waals surface area (Å²) in [7, 11) is 0. The second-order valence-electron chi connectivity index (χ2n) is 3.33. The highest BCUT2D eigenvalue weighted by Gasteiger charge is 2.12. The molecule has 0 aliphatic rings. The third-order valence-electron chi connectivity index (χ3n) is 1.93. The van der Waals surface area contributed by atoms with Crippen molar-refractivity contribution in [3.63, 3.8) is 0 Å². The average Bonchev–Trinajstić information content (AvgIpc) is 2.21. The maximum Gasteiger partial charge on any atom is 0.253 e. The Morgan fingerprint density at radius 2 is 2.27 bits per heavy atom. The lowest BCUT2D eigenvalue weighted by Crippen LogP contribution is -2.35. The summed E-state index contributed by atoms with van der Waals surface area (Å²) in [6.45, 7) is 1.52. The van der Waals surface area contributed by atoms with Crippen LogP contribution in [0, 0.1) is 0 Å². The Labute approximate surface area is 87.5 Å². The summed E-state index contributed by atoms with van der Waals surface area (Å²) in [5, 5.41) is 20.5. The zero-order chi connectivity index (χ0) is 11.4. The summed E-state index contributed by atoms with van der Waals surface area (Å²) in [6, 6.07) is 3.80. The molecule has 82 valence electrons. The van der Waals surface area contributed by atoms with Crippen LogP contribution in [0.4, 0.5) is 5.69 Å². The number of aliphatic hydroxyl groups excluding tert-OH is 1. The van der Waals surface area contributed by atoms with Crippen LogP contribution in [0.3, 0.4) is 0 Å². The Morgan fingerprint density at radius 3 is 2.87 bits per heavy atom. The number of hydrogen-bond acceptors (Lipinski definition) is 4. The summed E-state index contributed by atoms with van der Waals surface area (Å²) in [5.74, 6) is -0.434. The molecule has 0 saturated heterocycles. The third kappa shape index (κ3) is 2.85. The van der Waals surface area contributed by atoms with Crippen LogP contribution in [-0.4, -0.2) is 28.8 Å². The van der Waals surface area contributed by atoms with Crippen LogP contribution in [0.1, 0.15) is 17.3 Å². The molecule has 0 aliphatic heterocycles. The zero-order valence-corrected chi connectivity index (χ0v) is 8.40. The first-order valence-electron chi connectivity index (χ1n) is 4.54. The normalized spacial score (nSPS) is 12.1. The van der Waals surface area contributed by atoms with Crippen molar-refractivity contribution in [1.82, 2.24) is 5.32 Å². The predicted octanol–water partition coefficient (Wildman–Crippen LogP) is 0.0850. The van der Waals surface area contributed by atoms with Crippen LogP contribution in [0.5, 0.6) is 5.75 Å². The number of aromatic hydroxyl groups is 1. The molecule has 1 aromatic rings. The molecule has 0 bridgehead atoms. The average molecular weight is 210 g/mol. The first kappa shape index (κ1) is 11.3. The van der Waals surface area contributed by atoms with E-state index in [4.69, 9.17) is 10.8 Å². The van der Waals surface area contributed by atoms with Crippen molar-refractivity contribution in [2.75, 3.05) is 12.3 Å². The molecule has 1 rings (SSSR count). The van der Waals surface area contributed by atoms with E-state index in [2.05, 4.69) is 5.32 Å². The highest BCUT2D eigenvalue weighted by Crippen LogP contribution is 2.18. The maximum absolute atomic E-state index is 11.6. The fourth-order valence-electron chi connectivity index (χ4n) is 1.09. The van der Waals surface area contributed by atoms with Crippen LogP contribution in [-0.2, 0) is 0 Å². The van der Waals surface area contributed by atoms with Crippen molar-refractivity contribution in [2.45, 2.75) is 13.0 Å². The highest BCUT2D eigenvalue weighted by atomic mass is 16.3. The Balaban J connectivity index is 2.86. The first-order valence-corrected chi connectivity index (χ1v) is 4.54. The fraction of sp³-hybridized carbons (Fsp3) is 0.300. The van der Waals surface area contributed by atoms with Crippen molar-refractivity contribution in [3.8, 4) is 5.75 Å². The molecular weight excluding hydrogens is 196 g/mol. The lowest BCUT2D eigenvalue weighted by Gasteiger charge is -2.12. The molecule has 0 heterocycles. The predicted molar refractivity (Wildman–Crippen MR) is 56.5 cm³/mol. The van der Waals surface area contributed by atoms with Crippen LogP contribution in [0.2, 0.25) is 0 Å². The third-order valence-corrected chi connectivity index (χ3v) is 1.93. The maximum atomic E-state index is 11.6. The molecule has 0 aromatic heterocycles. The lowest BCUT2D eigenvalue weighted by atomic mass is 10.1.